The van der Waals surface area contributed by atoms with Crippen molar-refractivity contribution < 1.29 is 14.3 Å². The predicted molar refractivity (Wildman–Crippen MR) is 67.0 cm³/mol. The Morgan fingerprint density at radius 2 is 2.39 bits per heavy atom. The van der Waals surface area contributed by atoms with Crippen molar-refractivity contribution >= 4 is 23.4 Å². The van der Waals surface area contributed by atoms with Crippen molar-refractivity contribution in [3.05, 3.63) is 47.0 Å². The van der Waals surface area contributed by atoms with Crippen LogP contribution in [0.5, 0.6) is 0 Å². The lowest BCUT2D eigenvalue weighted by Crippen LogP contribution is -2.18. The number of hydrogen-bond acceptors (Lipinski definition) is 4. The van der Waals surface area contributed by atoms with E-state index in [1.165, 1.54) is 12.3 Å². The van der Waals surface area contributed by atoms with Crippen LogP contribution in [-0.2, 0) is 6.54 Å². The lowest BCUT2D eigenvalue weighted by atomic mass is 10.2. The number of anilines is 1. The summed E-state index contributed by atoms with van der Waals surface area (Å²) in [5, 5.41) is 9.13. The van der Waals surface area contributed by atoms with Gasteiger partial charge < -0.3 is 14.4 Å². The van der Waals surface area contributed by atoms with E-state index in [9.17, 15) is 4.79 Å². The summed E-state index contributed by atoms with van der Waals surface area (Å²) in [5.41, 5.74) is 1.05. The van der Waals surface area contributed by atoms with E-state index in [-0.39, 0.29) is 5.56 Å². The van der Waals surface area contributed by atoms with Crippen LogP contribution in [-0.4, -0.2) is 23.1 Å². The lowest BCUT2D eigenvalue weighted by molar-refractivity contribution is 0.0696. The number of carboxylic acid groups (broad SMARTS) is 1. The van der Waals surface area contributed by atoms with Gasteiger partial charge in [-0.2, -0.15) is 0 Å². The van der Waals surface area contributed by atoms with Gasteiger partial charge in [0.25, 0.3) is 0 Å². The second-order valence-corrected chi connectivity index (χ2v) is 4.23. The molecule has 6 heteroatoms. The van der Waals surface area contributed by atoms with E-state index in [0.29, 0.717) is 17.4 Å². The summed E-state index contributed by atoms with van der Waals surface area (Å²) in [5.74, 6) is -0.517. The highest BCUT2D eigenvalue weighted by Crippen LogP contribution is 2.24. The van der Waals surface area contributed by atoms with E-state index in [0.717, 1.165) is 5.56 Å². The summed E-state index contributed by atoms with van der Waals surface area (Å²) in [6.07, 6.45) is 4.51. The summed E-state index contributed by atoms with van der Waals surface area (Å²) in [7, 11) is 1.82. The molecule has 5 nitrogen and oxygen atoms in total. The van der Waals surface area contributed by atoms with Crippen molar-refractivity contribution in [1.29, 1.82) is 0 Å². The molecule has 1 N–H and O–H groups in total. The Kier molecular flexibility index (Phi) is 3.53. The minimum Gasteiger partial charge on any atom is -0.478 e. The third-order valence-corrected chi connectivity index (χ3v) is 2.71. The van der Waals surface area contributed by atoms with Gasteiger partial charge in [-0.1, -0.05) is 11.6 Å². The van der Waals surface area contributed by atoms with Crippen molar-refractivity contribution in [3.63, 3.8) is 0 Å². The second-order valence-electron chi connectivity index (χ2n) is 3.82. The fourth-order valence-electron chi connectivity index (χ4n) is 1.56. The molecule has 0 amide bonds. The number of pyridine rings is 1. The molecule has 0 spiro atoms. The molecule has 2 rings (SSSR count). The zero-order valence-electron chi connectivity index (χ0n) is 9.63. The van der Waals surface area contributed by atoms with Crippen LogP contribution in [0.4, 0.5) is 5.82 Å². The second kappa shape index (κ2) is 5.10. The predicted octanol–water partition coefficient (Wildman–Crippen LogP) is 2.66. The molecule has 0 aliphatic carbocycles. The van der Waals surface area contributed by atoms with Crippen LogP contribution >= 0.6 is 11.6 Å². The van der Waals surface area contributed by atoms with Gasteiger partial charge in [-0.3, -0.25) is 0 Å². The van der Waals surface area contributed by atoms with E-state index >= 15 is 0 Å². The van der Waals surface area contributed by atoms with Crippen molar-refractivity contribution in [1.82, 2.24) is 4.98 Å². The molecule has 0 unspecified atom stereocenters. The molecule has 0 aliphatic rings. The number of aromatic carboxylic acids is 1. The summed E-state index contributed by atoms with van der Waals surface area (Å²) >= 11 is 6.02. The number of hydrogen-bond donors (Lipinski definition) is 1. The summed E-state index contributed by atoms with van der Waals surface area (Å²) in [4.78, 5) is 16.6. The fraction of sp³-hybridized carbons (Fsp3) is 0.167. The van der Waals surface area contributed by atoms with Gasteiger partial charge in [-0.25, -0.2) is 9.78 Å². The van der Waals surface area contributed by atoms with Crippen LogP contribution < -0.4 is 4.90 Å². The van der Waals surface area contributed by atoms with Crippen LogP contribution in [0.1, 0.15) is 15.9 Å². The Labute approximate surface area is 109 Å². The number of carbonyl (C=O) groups is 1. The van der Waals surface area contributed by atoms with Gasteiger partial charge in [0.15, 0.2) is 0 Å². The minimum atomic E-state index is -1.05. The molecular formula is C12H11ClN2O3. The van der Waals surface area contributed by atoms with E-state index in [1.807, 2.05) is 18.0 Å². The number of aromatic nitrogens is 1. The summed E-state index contributed by atoms with van der Waals surface area (Å²) < 4.78 is 4.97. The number of carboxylic acids is 1. The molecule has 94 valence electrons. The molecule has 18 heavy (non-hydrogen) atoms. The smallest absolute Gasteiger partial charge is 0.337 e. The average molecular weight is 267 g/mol. The highest BCUT2D eigenvalue weighted by molar-refractivity contribution is 6.33. The quantitative estimate of drug-likeness (QED) is 0.921. The van der Waals surface area contributed by atoms with Crippen LogP contribution in [0, 0.1) is 0 Å². The molecule has 0 radical (unpaired) electrons. The van der Waals surface area contributed by atoms with Crippen molar-refractivity contribution in [2.45, 2.75) is 6.54 Å². The van der Waals surface area contributed by atoms with Crippen molar-refractivity contribution in [2.24, 2.45) is 0 Å². The molecule has 2 heterocycles. The standard InChI is InChI=1S/C12H11ClN2O3/c1-15(6-8-2-3-18-7-8)11-10(13)4-9(5-14-11)12(16)17/h2-5,7H,6H2,1H3,(H,16,17). The molecular weight excluding hydrogens is 256 g/mol. The number of rotatable bonds is 4. The van der Waals surface area contributed by atoms with Crippen LogP contribution in [0.2, 0.25) is 5.02 Å². The fourth-order valence-corrected chi connectivity index (χ4v) is 1.87. The molecule has 0 saturated heterocycles. The van der Waals surface area contributed by atoms with E-state index in [4.69, 9.17) is 21.1 Å². The molecule has 2 aromatic heterocycles. The largest absolute Gasteiger partial charge is 0.478 e. The minimum absolute atomic E-state index is 0.0699. The maximum Gasteiger partial charge on any atom is 0.337 e. The van der Waals surface area contributed by atoms with Gasteiger partial charge in [0.2, 0.25) is 0 Å². The number of furan rings is 1. The lowest BCUT2D eigenvalue weighted by Gasteiger charge is -2.18. The van der Waals surface area contributed by atoms with Crippen LogP contribution in [0.3, 0.4) is 0 Å². The normalized spacial score (nSPS) is 10.3. The molecule has 0 bridgehead atoms. The topological polar surface area (TPSA) is 66.6 Å². The summed E-state index contributed by atoms with van der Waals surface area (Å²) in [6.45, 7) is 0.579. The van der Waals surface area contributed by atoms with Crippen LogP contribution in [0.25, 0.3) is 0 Å². The highest BCUT2D eigenvalue weighted by Gasteiger charge is 2.12. The SMILES string of the molecule is CN(Cc1ccoc1)c1ncc(C(=O)O)cc1Cl. The zero-order chi connectivity index (χ0) is 13.1. The monoisotopic (exact) mass is 266 g/mol. The van der Waals surface area contributed by atoms with E-state index in [2.05, 4.69) is 4.98 Å². The summed E-state index contributed by atoms with van der Waals surface area (Å²) in [6, 6.07) is 3.23. The molecule has 0 saturated carbocycles. The maximum atomic E-state index is 10.8. The van der Waals surface area contributed by atoms with Gasteiger partial charge in [0, 0.05) is 25.4 Å². The molecule has 0 aromatic carbocycles. The van der Waals surface area contributed by atoms with Gasteiger partial charge in [0.1, 0.15) is 5.82 Å². The Bertz CT molecular complexity index is 554. The molecule has 0 atom stereocenters. The zero-order valence-corrected chi connectivity index (χ0v) is 10.4. The third kappa shape index (κ3) is 2.62. The first-order chi connectivity index (χ1) is 8.58. The van der Waals surface area contributed by atoms with Gasteiger partial charge in [-0.15, -0.1) is 0 Å². The Balaban J connectivity index is 2.20. The average Bonchev–Trinajstić information content (AvgIpc) is 2.81. The maximum absolute atomic E-state index is 10.8. The first-order valence-electron chi connectivity index (χ1n) is 5.19. The highest BCUT2D eigenvalue weighted by atomic mass is 35.5. The molecule has 0 fully saturated rings. The number of nitrogens with zero attached hydrogens (tertiary/aromatic N) is 2. The van der Waals surface area contributed by atoms with Gasteiger partial charge in [-0.05, 0) is 12.1 Å². The van der Waals surface area contributed by atoms with Crippen LogP contribution in [0.15, 0.2) is 35.3 Å². The van der Waals surface area contributed by atoms with Gasteiger partial charge in [0.05, 0.1) is 23.1 Å². The Morgan fingerprint density at radius 1 is 1.61 bits per heavy atom. The van der Waals surface area contributed by atoms with Crippen molar-refractivity contribution in [2.75, 3.05) is 11.9 Å². The first-order valence-corrected chi connectivity index (χ1v) is 5.57. The van der Waals surface area contributed by atoms with Crippen molar-refractivity contribution in [3.8, 4) is 0 Å². The third-order valence-electron chi connectivity index (χ3n) is 2.43. The molecule has 2 aromatic rings. The Hall–Kier alpha value is -2.01. The molecule has 0 aliphatic heterocycles. The van der Waals surface area contributed by atoms with E-state index in [1.54, 1.807) is 12.5 Å². The van der Waals surface area contributed by atoms with Gasteiger partial charge >= 0.3 is 5.97 Å². The van der Waals surface area contributed by atoms with E-state index < -0.39 is 5.97 Å². The first kappa shape index (κ1) is 12.4. The Morgan fingerprint density at radius 3 is 2.94 bits per heavy atom. The number of halogens is 1.